The molecule has 0 radical (unpaired) electrons. The van der Waals surface area contributed by atoms with Gasteiger partial charge in [0.25, 0.3) is 0 Å². The first-order valence-corrected chi connectivity index (χ1v) is 5.96. The molecule has 16 heavy (non-hydrogen) atoms. The lowest BCUT2D eigenvalue weighted by Crippen LogP contribution is -2.39. The second-order valence-electron chi connectivity index (χ2n) is 4.68. The molecular weight excluding hydrogens is 208 g/mol. The number of hydrogen-bond acceptors (Lipinski definition) is 4. The molecule has 1 aliphatic heterocycles. The van der Waals surface area contributed by atoms with Gasteiger partial charge in [-0.1, -0.05) is 0 Å². The van der Waals surface area contributed by atoms with Crippen LogP contribution in [0.25, 0.3) is 0 Å². The van der Waals surface area contributed by atoms with Crippen molar-refractivity contribution in [2.24, 2.45) is 0 Å². The monoisotopic (exact) mass is 232 g/mol. The molecule has 0 spiro atoms. The summed E-state index contributed by atoms with van der Waals surface area (Å²) in [4.78, 5) is 0. The maximum absolute atomic E-state index is 5.83. The van der Waals surface area contributed by atoms with Gasteiger partial charge in [-0.15, -0.1) is 0 Å². The van der Waals surface area contributed by atoms with Crippen LogP contribution in [0.15, 0.2) is 0 Å². The fourth-order valence-corrected chi connectivity index (χ4v) is 1.77. The van der Waals surface area contributed by atoms with E-state index in [2.05, 4.69) is 0 Å². The van der Waals surface area contributed by atoms with Crippen molar-refractivity contribution in [1.82, 2.24) is 0 Å². The zero-order valence-electron chi connectivity index (χ0n) is 10.9. The first-order chi connectivity index (χ1) is 7.54. The van der Waals surface area contributed by atoms with Gasteiger partial charge in [-0.25, -0.2) is 0 Å². The van der Waals surface area contributed by atoms with E-state index in [1.54, 1.807) is 7.11 Å². The van der Waals surface area contributed by atoms with Gasteiger partial charge < -0.3 is 18.9 Å². The Morgan fingerprint density at radius 3 is 2.38 bits per heavy atom. The summed E-state index contributed by atoms with van der Waals surface area (Å²) in [5.41, 5.74) is 0. The van der Waals surface area contributed by atoms with E-state index in [-0.39, 0.29) is 30.5 Å². The van der Waals surface area contributed by atoms with Gasteiger partial charge >= 0.3 is 0 Å². The van der Waals surface area contributed by atoms with Crippen molar-refractivity contribution in [3.63, 3.8) is 0 Å². The van der Waals surface area contributed by atoms with Crippen LogP contribution in [-0.4, -0.2) is 50.8 Å². The second-order valence-corrected chi connectivity index (χ2v) is 4.68. The fraction of sp³-hybridized carbons (Fsp3) is 1.00. The van der Waals surface area contributed by atoms with Crippen LogP contribution >= 0.6 is 0 Å². The molecule has 0 aromatic rings. The number of methoxy groups -OCH3 is 1. The summed E-state index contributed by atoms with van der Waals surface area (Å²) in [7, 11) is 1.69. The average molecular weight is 232 g/mol. The third-order valence-corrected chi connectivity index (χ3v) is 2.53. The molecule has 1 rings (SSSR count). The van der Waals surface area contributed by atoms with Crippen LogP contribution in [-0.2, 0) is 18.9 Å². The van der Waals surface area contributed by atoms with Crippen LogP contribution in [0, 0.1) is 0 Å². The van der Waals surface area contributed by atoms with Crippen LogP contribution in [0.2, 0.25) is 0 Å². The van der Waals surface area contributed by atoms with Gasteiger partial charge in [0.1, 0.15) is 18.3 Å². The molecule has 1 fully saturated rings. The van der Waals surface area contributed by atoms with Gasteiger partial charge in [-0.05, 0) is 27.7 Å². The summed E-state index contributed by atoms with van der Waals surface area (Å²) < 4.78 is 22.4. The van der Waals surface area contributed by atoms with Crippen LogP contribution in [0.5, 0.6) is 0 Å². The van der Waals surface area contributed by atoms with E-state index < -0.39 is 0 Å². The summed E-state index contributed by atoms with van der Waals surface area (Å²) in [6, 6.07) is 0. The Kier molecular flexibility index (Phi) is 5.69. The van der Waals surface area contributed by atoms with Crippen LogP contribution in [0.1, 0.15) is 27.7 Å². The highest BCUT2D eigenvalue weighted by atomic mass is 16.6. The molecule has 0 amide bonds. The molecule has 0 bridgehead atoms. The SMILES string of the molecule is COC1CO[C@H](COC(C)C)C1OC(C)C. The van der Waals surface area contributed by atoms with Crippen LogP contribution in [0.4, 0.5) is 0 Å². The Balaban J connectivity index is 2.48. The molecule has 0 aromatic carbocycles. The van der Waals surface area contributed by atoms with Gasteiger partial charge in [0.15, 0.2) is 0 Å². The number of rotatable bonds is 6. The molecule has 0 saturated carbocycles. The molecule has 4 heteroatoms. The van der Waals surface area contributed by atoms with E-state index in [9.17, 15) is 0 Å². The van der Waals surface area contributed by atoms with Crippen LogP contribution < -0.4 is 0 Å². The third-order valence-electron chi connectivity index (χ3n) is 2.53. The summed E-state index contributed by atoms with van der Waals surface area (Å²) >= 11 is 0. The van der Waals surface area contributed by atoms with E-state index >= 15 is 0 Å². The van der Waals surface area contributed by atoms with Crippen molar-refractivity contribution in [2.75, 3.05) is 20.3 Å². The highest BCUT2D eigenvalue weighted by Gasteiger charge is 2.39. The first-order valence-electron chi connectivity index (χ1n) is 5.96. The largest absolute Gasteiger partial charge is 0.376 e. The molecule has 96 valence electrons. The smallest absolute Gasteiger partial charge is 0.115 e. The quantitative estimate of drug-likeness (QED) is 0.697. The Labute approximate surface area is 98.2 Å². The lowest BCUT2D eigenvalue weighted by Gasteiger charge is -2.25. The Morgan fingerprint density at radius 2 is 1.88 bits per heavy atom. The van der Waals surface area contributed by atoms with Gasteiger partial charge in [0.05, 0.1) is 25.4 Å². The predicted molar refractivity (Wildman–Crippen MR) is 61.6 cm³/mol. The zero-order chi connectivity index (χ0) is 12.1. The fourth-order valence-electron chi connectivity index (χ4n) is 1.77. The Hall–Kier alpha value is -0.160. The standard InChI is InChI=1S/C12H24O4/c1-8(2)14-7-11-12(16-9(3)4)10(13-5)6-15-11/h8-12H,6-7H2,1-5H3/t10?,11-,12?/m1/s1. The minimum atomic E-state index is -0.0243. The molecule has 1 heterocycles. The van der Waals surface area contributed by atoms with Gasteiger partial charge in [0, 0.05) is 7.11 Å². The Bertz CT molecular complexity index is 193. The van der Waals surface area contributed by atoms with E-state index in [0.29, 0.717) is 13.2 Å². The summed E-state index contributed by atoms with van der Waals surface area (Å²) in [6.45, 7) is 9.22. The van der Waals surface area contributed by atoms with Crippen LogP contribution in [0.3, 0.4) is 0 Å². The highest BCUT2D eigenvalue weighted by Crippen LogP contribution is 2.22. The number of hydrogen-bond donors (Lipinski definition) is 0. The van der Waals surface area contributed by atoms with Gasteiger partial charge in [0.2, 0.25) is 0 Å². The molecule has 0 aliphatic carbocycles. The van der Waals surface area contributed by atoms with Crippen molar-refractivity contribution in [1.29, 1.82) is 0 Å². The maximum Gasteiger partial charge on any atom is 0.115 e. The van der Waals surface area contributed by atoms with Gasteiger partial charge in [-0.2, -0.15) is 0 Å². The van der Waals surface area contributed by atoms with Crippen molar-refractivity contribution in [3.05, 3.63) is 0 Å². The summed E-state index contributed by atoms with van der Waals surface area (Å²) in [5.74, 6) is 0. The number of ether oxygens (including phenoxy) is 4. The molecule has 0 N–H and O–H groups in total. The molecule has 0 aromatic heterocycles. The van der Waals surface area contributed by atoms with Gasteiger partial charge in [-0.3, -0.25) is 0 Å². The molecule has 3 atom stereocenters. The minimum Gasteiger partial charge on any atom is -0.376 e. The average Bonchev–Trinajstić information content (AvgIpc) is 2.56. The van der Waals surface area contributed by atoms with E-state index in [1.165, 1.54) is 0 Å². The van der Waals surface area contributed by atoms with E-state index in [0.717, 1.165) is 0 Å². The minimum absolute atomic E-state index is 0.0168. The molecule has 1 aliphatic rings. The topological polar surface area (TPSA) is 36.9 Å². The summed E-state index contributed by atoms with van der Waals surface area (Å²) in [6.07, 6.45) is 0.359. The lowest BCUT2D eigenvalue weighted by molar-refractivity contribution is -0.0976. The van der Waals surface area contributed by atoms with Crippen molar-refractivity contribution >= 4 is 0 Å². The second kappa shape index (κ2) is 6.55. The van der Waals surface area contributed by atoms with E-state index in [1.807, 2.05) is 27.7 Å². The summed E-state index contributed by atoms with van der Waals surface area (Å²) in [5, 5.41) is 0. The maximum atomic E-state index is 5.83. The molecule has 1 saturated heterocycles. The van der Waals surface area contributed by atoms with Crippen molar-refractivity contribution in [3.8, 4) is 0 Å². The Morgan fingerprint density at radius 1 is 1.19 bits per heavy atom. The third kappa shape index (κ3) is 4.01. The van der Waals surface area contributed by atoms with Crippen molar-refractivity contribution in [2.45, 2.75) is 58.2 Å². The lowest BCUT2D eigenvalue weighted by atomic mass is 10.1. The molecule has 4 nitrogen and oxygen atoms in total. The highest BCUT2D eigenvalue weighted by molar-refractivity contribution is 4.86. The first kappa shape index (κ1) is 13.9. The predicted octanol–water partition coefficient (Wildman–Crippen LogP) is 1.62. The van der Waals surface area contributed by atoms with E-state index in [4.69, 9.17) is 18.9 Å². The molecule has 2 unspecified atom stereocenters. The normalized spacial score (nSPS) is 30.6. The van der Waals surface area contributed by atoms with Crippen molar-refractivity contribution < 1.29 is 18.9 Å². The molecular formula is C12H24O4. The zero-order valence-corrected chi connectivity index (χ0v) is 10.9.